The molecule has 29 heavy (non-hydrogen) atoms. The third-order valence-corrected chi connectivity index (χ3v) is 4.91. The van der Waals surface area contributed by atoms with Crippen molar-refractivity contribution in [2.45, 2.75) is 52.2 Å². The van der Waals surface area contributed by atoms with E-state index >= 15 is 0 Å². The van der Waals surface area contributed by atoms with Gasteiger partial charge in [-0.25, -0.2) is 4.39 Å². The molecule has 2 rings (SSSR count). The molecule has 0 radical (unpaired) electrons. The van der Waals surface area contributed by atoms with E-state index in [0.29, 0.717) is 21.2 Å². The van der Waals surface area contributed by atoms with Crippen molar-refractivity contribution in [2.75, 3.05) is 0 Å². The van der Waals surface area contributed by atoms with Crippen LogP contribution in [0.3, 0.4) is 0 Å². The van der Waals surface area contributed by atoms with E-state index in [-0.39, 0.29) is 24.8 Å². The van der Waals surface area contributed by atoms with Crippen molar-refractivity contribution in [2.24, 2.45) is 0 Å². The number of carbonyl (C=O) groups is 2. The molecule has 0 aliphatic rings. The zero-order chi connectivity index (χ0) is 21.8. The van der Waals surface area contributed by atoms with Crippen LogP contribution in [-0.4, -0.2) is 28.3 Å². The van der Waals surface area contributed by atoms with Crippen LogP contribution in [0.1, 0.15) is 38.8 Å². The van der Waals surface area contributed by atoms with Crippen LogP contribution in [0.5, 0.6) is 0 Å². The van der Waals surface area contributed by atoms with Crippen molar-refractivity contribution < 1.29 is 14.0 Å². The topological polar surface area (TPSA) is 49.4 Å². The van der Waals surface area contributed by atoms with Crippen LogP contribution in [0.2, 0.25) is 10.0 Å². The largest absolute Gasteiger partial charge is 0.350 e. The van der Waals surface area contributed by atoms with Crippen molar-refractivity contribution in [1.82, 2.24) is 10.2 Å². The lowest BCUT2D eigenvalue weighted by molar-refractivity contribution is -0.140. The zero-order valence-electron chi connectivity index (χ0n) is 16.9. The molecule has 156 valence electrons. The minimum Gasteiger partial charge on any atom is -0.350 e. The van der Waals surface area contributed by atoms with Gasteiger partial charge in [0, 0.05) is 27.7 Å². The molecular formula is C22H25Cl2FN2O2. The summed E-state index contributed by atoms with van der Waals surface area (Å²) in [6, 6.07) is 10.3. The highest BCUT2D eigenvalue weighted by Crippen LogP contribution is 2.23. The molecule has 2 amide bonds. The number of halogens is 3. The molecule has 0 aromatic heterocycles. The summed E-state index contributed by atoms with van der Waals surface area (Å²) in [7, 11) is 0. The Kier molecular flexibility index (Phi) is 7.66. The van der Waals surface area contributed by atoms with Gasteiger partial charge < -0.3 is 10.2 Å². The van der Waals surface area contributed by atoms with Gasteiger partial charge in [0.2, 0.25) is 11.8 Å². The summed E-state index contributed by atoms with van der Waals surface area (Å²) >= 11 is 12.1. The number of hydrogen-bond acceptors (Lipinski definition) is 2. The van der Waals surface area contributed by atoms with Crippen LogP contribution in [0.25, 0.3) is 0 Å². The van der Waals surface area contributed by atoms with Crippen molar-refractivity contribution in [3.8, 4) is 0 Å². The van der Waals surface area contributed by atoms with E-state index in [4.69, 9.17) is 23.2 Å². The predicted molar refractivity (Wildman–Crippen MR) is 114 cm³/mol. The molecule has 0 aliphatic carbocycles. The van der Waals surface area contributed by atoms with Gasteiger partial charge in [0.1, 0.15) is 11.9 Å². The monoisotopic (exact) mass is 438 g/mol. The fourth-order valence-electron chi connectivity index (χ4n) is 2.80. The summed E-state index contributed by atoms with van der Waals surface area (Å²) in [6.07, 6.45) is -0.0302. The summed E-state index contributed by atoms with van der Waals surface area (Å²) < 4.78 is 14.2. The predicted octanol–water partition coefficient (Wildman–Crippen LogP) is 5.01. The number of nitrogens with zero attached hydrogens (tertiary/aromatic N) is 1. The normalized spacial score (nSPS) is 12.4. The molecule has 2 aromatic rings. The van der Waals surface area contributed by atoms with E-state index in [1.54, 1.807) is 43.3 Å². The first-order valence-electron chi connectivity index (χ1n) is 9.27. The van der Waals surface area contributed by atoms with Crippen LogP contribution in [-0.2, 0) is 22.6 Å². The van der Waals surface area contributed by atoms with E-state index in [0.717, 1.165) is 0 Å². The maximum atomic E-state index is 14.2. The lowest BCUT2D eigenvalue weighted by Crippen LogP contribution is -2.52. The fourth-order valence-corrected chi connectivity index (χ4v) is 3.27. The average molecular weight is 439 g/mol. The Hall–Kier alpha value is -2.11. The lowest BCUT2D eigenvalue weighted by atomic mass is 10.1. The van der Waals surface area contributed by atoms with Gasteiger partial charge in [-0.15, -0.1) is 0 Å². The smallest absolute Gasteiger partial charge is 0.242 e. The van der Waals surface area contributed by atoms with Gasteiger partial charge in [0.15, 0.2) is 0 Å². The van der Waals surface area contributed by atoms with Crippen LogP contribution in [0.15, 0.2) is 42.5 Å². The van der Waals surface area contributed by atoms with E-state index in [2.05, 4.69) is 5.32 Å². The summed E-state index contributed by atoms with van der Waals surface area (Å²) in [4.78, 5) is 27.2. The maximum Gasteiger partial charge on any atom is 0.242 e. The Labute approximate surface area is 181 Å². The van der Waals surface area contributed by atoms with Gasteiger partial charge in [-0.05, 0) is 51.5 Å². The summed E-state index contributed by atoms with van der Waals surface area (Å²) in [6.45, 7) is 7.16. The molecule has 1 atom stereocenters. The van der Waals surface area contributed by atoms with Crippen molar-refractivity contribution >= 4 is 35.0 Å². The standard InChI is InChI=1S/C22H25Cl2FN2O2/c1-14(21(29)26-22(2,3)4)27(13-16-7-5-6-8-19(16)25)20(28)11-15-9-10-17(23)12-18(15)24/h5-10,12,14H,11,13H2,1-4H3,(H,26,29). The number of benzene rings is 2. The molecule has 2 aromatic carbocycles. The Bertz CT molecular complexity index is 897. The second kappa shape index (κ2) is 9.59. The highest BCUT2D eigenvalue weighted by Gasteiger charge is 2.29. The summed E-state index contributed by atoms with van der Waals surface area (Å²) in [5.41, 5.74) is 0.457. The van der Waals surface area contributed by atoms with Gasteiger partial charge in [-0.2, -0.15) is 0 Å². The van der Waals surface area contributed by atoms with E-state index < -0.39 is 17.4 Å². The quantitative estimate of drug-likeness (QED) is 0.688. The Morgan fingerprint density at radius 2 is 1.76 bits per heavy atom. The maximum absolute atomic E-state index is 14.2. The Morgan fingerprint density at radius 1 is 1.10 bits per heavy atom. The van der Waals surface area contributed by atoms with Crippen molar-refractivity contribution in [3.05, 3.63) is 69.5 Å². The highest BCUT2D eigenvalue weighted by molar-refractivity contribution is 6.35. The third-order valence-electron chi connectivity index (χ3n) is 4.32. The third kappa shape index (κ3) is 6.72. The molecule has 7 heteroatoms. The summed E-state index contributed by atoms with van der Waals surface area (Å²) in [5, 5.41) is 3.70. The van der Waals surface area contributed by atoms with Gasteiger partial charge in [-0.1, -0.05) is 47.5 Å². The summed E-state index contributed by atoms with van der Waals surface area (Å²) in [5.74, 6) is -1.09. The SMILES string of the molecule is CC(C(=O)NC(C)(C)C)N(Cc1ccccc1F)C(=O)Cc1ccc(Cl)cc1Cl. The second-order valence-corrected chi connectivity index (χ2v) is 8.78. The van der Waals surface area contributed by atoms with E-state index in [1.165, 1.54) is 11.0 Å². The van der Waals surface area contributed by atoms with Gasteiger partial charge in [0.05, 0.1) is 6.42 Å². The number of rotatable bonds is 6. The number of amides is 2. The lowest BCUT2D eigenvalue weighted by Gasteiger charge is -2.31. The zero-order valence-corrected chi connectivity index (χ0v) is 18.4. The number of carbonyl (C=O) groups excluding carboxylic acids is 2. The number of hydrogen-bond donors (Lipinski definition) is 1. The highest BCUT2D eigenvalue weighted by atomic mass is 35.5. The van der Waals surface area contributed by atoms with Crippen molar-refractivity contribution in [3.63, 3.8) is 0 Å². The van der Waals surface area contributed by atoms with Crippen LogP contribution >= 0.6 is 23.2 Å². The first-order chi connectivity index (χ1) is 13.5. The molecule has 0 saturated carbocycles. The minimum atomic E-state index is -0.799. The molecule has 0 bridgehead atoms. The first kappa shape index (κ1) is 23.2. The Morgan fingerprint density at radius 3 is 2.34 bits per heavy atom. The van der Waals surface area contributed by atoms with Crippen LogP contribution in [0.4, 0.5) is 4.39 Å². The fraction of sp³-hybridized carbons (Fsp3) is 0.364. The molecule has 1 N–H and O–H groups in total. The second-order valence-electron chi connectivity index (χ2n) is 7.94. The molecule has 0 saturated heterocycles. The molecule has 4 nitrogen and oxygen atoms in total. The molecule has 1 unspecified atom stereocenters. The van der Waals surface area contributed by atoms with Crippen LogP contribution < -0.4 is 5.32 Å². The molecule has 0 spiro atoms. The van der Waals surface area contributed by atoms with Crippen molar-refractivity contribution in [1.29, 1.82) is 0 Å². The molecule has 0 heterocycles. The van der Waals surface area contributed by atoms with Gasteiger partial charge in [-0.3, -0.25) is 9.59 Å². The number of nitrogens with one attached hydrogen (secondary N) is 1. The average Bonchev–Trinajstić information content (AvgIpc) is 2.61. The minimum absolute atomic E-state index is 0.0302. The van der Waals surface area contributed by atoms with Crippen LogP contribution in [0, 0.1) is 5.82 Å². The van der Waals surface area contributed by atoms with E-state index in [1.807, 2.05) is 20.8 Å². The Balaban J connectivity index is 2.31. The molecular weight excluding hydrogens is 414 g/mol. The molecule has 0 aliphatic heterocycles. The molecule has 0 fully saturated rings. The first-order valence-corrected chi connectivity index (χ1v) is 10.0. The van der Waals surface area contributed by atoms with Gasteiger partial charge >= 0.3 is 0 Å². The van der Waals surface area contributed by atoms with Gasteiger partial charge in [0.25, 0.3) is 0 Å². The van der Waals surface area contributed by atoms with E-state index in [9.17, 15) is 14.0 Å².